The van der Waals surface area contributed by atoms with Crippen LogP contribution in [0.25, 0.3) is 10.9 Å². The minimum atomic E-state index is 0.0840. The van der Waals surface area contributed by atoms with E-state index in [1.54, 1.807) is 0 Å². The number of amides is 2. The smallest absolute Gasteiger partial charge is 0.258 e. The van der Waals surface area contributed by atoms with E-state index in [1.807, 2.05) is 35.4 Å². The van der Waals surface area contributed by atoms with Crippen molar-refractivity contribution < 1.29 is 14.3 Å². The van der Waals surface area contributed by atoms with Gasteiger partial charge in [-0.25, -0.2) is 0 Å². The first-order valence-electron chi connectivity index (χ1n) is 12.9. The number of para-hydroxylation sites is 1. The zero-order chi connectivity index (χ0) is 23.8. The molecule has 3 aliphatic heterocycles. The zero-order valence-electron chi connectivity index (χ0n) is 20.0. The molecule has 2 bridgehead atoms. The molecule has 2 atom stereocenters. The van der Waals surface area contributed by atoms with Crippen molar-refractivity contribution in [3.8, 4) is 5.75 Å². The molecule has 4 heterocycles. The highest BCUT2D eigenvalue weighted by Gasteiger charge is 2.43. The first-order chi connectivity index (χ1) is 17.2. The lowest BCUT2D eigenvalue weighted by Gasteiger charge is -2.39. The van der Waals surface area contributed by atoms with Gasteiger partial charge in [-0.15, -0.1) is 0 Å². The summed E-state index contributed by atoms with van der Waals surface area (Å²) in [5, 5.41) is 8.49. The Kier molecular flexibility index (Phi) is 5.92. The highest BCUT2D eigenvalue weighted by atomic mass is 16.5. The molecule has 0 aliphatic carbocycles. The molecule has 2 amide bonds. The summed E-state index contributed by atoms with van der Waals surface area (Å²) in [7, 11) is 0. The van der Waals surface area contributed by atoms with Crippen molar-refractivity contribution in [1.82, 2.24) is 20.0 Å². The minimum Gasteiger partial charge on any atom is -0.491 e. The van der Waals surface area contributed by atoms with E-state index in [0.29, 0.717) is 36.8 Å². The van der Waals surface area contributed by atoms with Gasteiger partial charge in [0, 0.05) is 30.4 Å². The van der Waals surface area contributed by atoms with Crippen LogP contribution in [-0.2, 0) is 11.2 Å². The van der Waals surface area contributed by atoms with Gasteiger partial charge in [-0.2, -0.15) is 5.10 Å². The summed E-state index contributed by atoms with van der Waals surface area (Å²) < 4.78 is 6.03. The van der Waals surface area contributed by atoms with Gasteiger partial charge in [0.15, 0.2) is 0 Å². The molecule has 7 heteroatoms. The number of rotatable bonds is 7. The predicted molar refractivity (Wildman–Crippen MR) is 133 cm³/mol. The van der Waals surface area contributed by atoms with Crippen LogP contribution < -0.4 is 4.74 Å². The Balaban J connectivity index is 1.13. The molecular formula is C28H32N4O3. The fourth-order valence-corrected chi connectivity index (χ4v) is 6.42. The molecule has 3 fully saturated rings. The topological polar surface area (TPSA) is 78.5 Å². The maximum atomic E-state index is 13.7. The van der Waals surface area contributed by atoms with Crippen LogP contribution >= 0.6 is 0 Å². The molecule has 1 aromatic heterocycles. The molecular weight excluding hydrogens is 440 g/mol. The van der Waals surface area contributed by atoms with Crippen molar-refractivity contribution >= 4 is 22.7 Å². The predicted octanol–water partition coefficient (Wildman–Crippen LogP) is 4.19. The number of hydrogen-bond donors (Lipinski definition) is 1. The normalized spacial score (nSPS) is 23.9. The molecule has 0 spiro atoms. The molecule has 6 rings (SSSR count). The van der Waals surface area contributed by atoms with E-state index in [1.165, 1.54) is 10.9 Å². The number of nitrogens with one attached hydrogen (secondary N) is 1. The lowest BCUT2D eigenvalue weighted by atomic mass is 9.85. The summed E-state index contributed by atoms with van der Waals surface area (Å²) in [6.45, 7) is 1.78. The SMILES string of the molecule is O=C1CCCN1CCOc1ccccc1C(=O)N1C2CCC1CC(Cc1cccc3[nH]ncc13)C2. The van der Waals surface area contributed by atoms with Crippen LogP contribution in [0.15, 0.2) is 48.7 Å². The van der Waals surface area contributed by atoms with Crippen LogP contribution in [-0.4, -0.2) is 63.6 Å². The number of nitrogens with zero attached hydrogens (tertiary/aromatic N) is 3. The van der Waals surface area contributed by atoms with Gasteiger partial charge >= 0.3 is 0 Å². The van der Waals surface area contributed by atoms with E-state index in [0.717, 1.165) is 50.6 Å². The third kappa shape index (κ3) is 4.28. The van der Waals surface area contributed by atoms with Crippen LogP contribution in [0.5, 0.6) is 5.75 Å². The maximum Gasteiger partial charge on any atom is 0.258 e. The quantitative estimate of drug-likeness (QED) is 0.559. The van der Waals surface area contributed by atoms with Crippen LogP contribution in [0.4, 0.5) is 0 Å². The van der Waals surface area contributed by atoms with E-state index >= 15 is 0 Å². The number of carbonyl (C=O) groups excluding carboxylic acids is 2. The van der Waals surface area contributed by atoms with Crippen molar-refractivity contribution in [3.05, 3.63) is 59.8 Å². The van der Waals surface area contributed by atoms with E-state index < -0.39 is 0 Å². The second-order valence-electron chi connectivity index (χ2n) is 10.2. The van der Waals surface area contributed by atoms with Crippen molar-refractivity contribution in [2.24, 2.45) is 5.92 Å². The summed E-state index contributed by atoms with van der Waals surface area (Å²) in [5.74, 6) is 1.47. The summed E-state index contributed by atoms with van der Waals surface area (Å²) in [6.07, 6.45) is 8.73. The molecule has 1 N–H and O–H groups in total. The largest absolute Gasteiger partial charge is 0.491 e. The fraction of sp³-hybridized carbons (Fsp3) is 0.464. The molecule has 3 saturated heterocycles. The number of carbonyl (C=O) groups is 2. The number of ether oxygens (including phenoxy) is 1. The third-order valence-electron chi connectivity index (χ3n) is 8.06. The first kappa shape index (κ1) is 22.1. The number of likely N-dealkylation sites (tertiary alicyclic amines) is 1. The molecule has 3 aliphatic rings. The second kappa shape index (κ2) is 9.36. The third-order valence-corrected chi connectivity index (χ3v) is 8.06. The Morgan fingerprint density at radius 2 is 1.91 bits per heavy atom. The second-order valence-corrected chi connectivity index (χ2v) is 10.2. The van der Waals surface area contributed by atoms with Gasteiger partial charge in [0.05, 0.1) is 23.8 Å². The summed E-state index contributed by atoms with van der Waals surface area (Å²) >= 11 is 0. The number of H-pyrrole nitrogens is 1. The van der Waals surface area contributed by atoms with Gasteiger partial charge in [0.25, 0.3) is 5.91 Å². The highest BCUT2D eigenvalue weighted by Crippen LogP contribution is 2.42. The van der Waals surface area contributed by atoms with Gasteiger partial charge in [-0.3, -0.25) is 14.7 Å². The van der Waals surface area contributed by atoms with Crippen LogP contribution in [0.2, 0.25) is 0 Å². The van der Waals surface area contributed by atoms with Gasteiger partial charge in [0.2, 0.25) is 5.91 Å². The molecule has 3 aromatic rings. The Bertz CT molecular complexity index is 1220. The Morgan fingerprint density at radius 3 is 2.71 bits per heavy atom. The Morgan fingerprint density at radius 1 is 1.09 bits per heavy atom. The average molecular weight is 473 g/mol. The maximum absolute atomic E-state index is 13.7. The Hall–Kier alpha value is -3.35. The molecule has 0 radical (unpaired) electrons. The fourth-order valence-electron chi connectivity index (χ4n) is 6.42. The molecule has 35 heavy (non-hydrogen) atoms. The van der Waals surface area contributed by atoms with Crippen molar-refractivity contribution in [2.45, 2.75) is 57.0 Å². The number of aromatic amines is 1. The number of piperidine rings is 1. The summed E-state index contributed by atoms with van der Waals surface area (Å²) in [6, 6.07) is 14.5. The highest BCUT2D eigenvalue weighted by molar-refractivity contribution is 5.97. The Labute approximate surface area is 205 Å². The zero-order valence-corrected chi connectivity index (χ0v) is 20.0. The lowest BCUT2D eigenvalue weighted by Crippen LogP contribution is -2.47. The van der Waals surface area contributed by atoms with Crippen LogP contribution in [0.1, 0.15) is 54.4 Å². The van der Waals surface area contributed by atoms with Crippen molar-refractivity contribution in [3.63, 3.8) is 0 Å². The van der Waals surface area contributed by atoms with E-state index in [-0.39, 0.29) is 23.9 Å². The summed E-state index contributed by atoms with van der Waals surface area (Å²) in [5.41, 5.74) is 3.07. The summed E-state index contributed by atoms with van der Waals surface area (Å²) in [4.78, 5) is 29.6. The minimum absolute atomic E-state index is 0.0840. The monoisotopic (exact) mass is 472 g/mol. The number of aromatic nitrogens is 2. The standard InChI is InChI=1S/C28H32N4O3/c33-27-9-4-12-31(27)13-14-35-26-8-2-1-6-23(26)28(34)32-21-10-11-22(32)17-19(16-21)15-20-5-3-7-25-24(20)18-29-30-25/h1-3,5-8,18-19,21-22H,4,9-17H2,(H,29,30). The molecule has 182 valence electrons. The van der Waals surface area contributed by atoms with Gasteiger partial charge in [-0.1, -0.05) is 24.3 Å². The number of benzene rings is 2. The van der Waals surface area contributed by atoms with Gasteiger partial charge < -0.3 is 14.5 Å². The van der Waals surface area contributed by atoms with Crippen molar-refractivity contribution in [1.29, 1.82) is 0 Å². The lowest BCUT2D eigenvalue weighted by molar-refractivity contribution is -0.128. The van der Waals surface area contributed by atoms with E-state index in [4.69, 9.17) is 4.74 Å². The molecule has 2 unspecified atom stereocenters. The molecule has 2 aromatic carbocycles. The number of fused-ring (bicyclic) bond motifs is 3. The van der Waals surface area contributed by atoms with Gasteiger partial charge in [0.1, 0.15) is 12.4 Å². The molecule has 7 nitrogen and oxygen atoms in total. The van der Waals surface area contributed by atoms with Crippen LogP contribution in [0.3, 0.4) is 0 Å². The first-order valence-corrected chi connectivity index (χ1v) is 12.9. The number of hydrogen-bond acceptors (Lipinski definition) is 4. The van der Waals surface area contributed by atoms with Crippen LogP contribution in [0, 0.1) is 5.92 Å². The van der Waals surface area contributed by atoms with E-state index in [9.17, 15) is 9.59 Å². The van der Waals surface area contributed by atoms with Crippen molar-refractivity contribution in [2.75, 3.05) is 19.7 Å². The average Bonchev–Trinajstić information content (AvgIpc) is 3.58. The van der Waals surface area contributed by atoms with Gasteiger partial charge in [-0.05, 0) is 68.2 Å². The molecule has 0 saturated carbocycles. The van der Waals surface area contributed by atoms with E-state index in [2.05, 4.69) is 33.3 Å².